The Morgan fingerprint density at radius 2 is 2.00 bits per heavy atom. The van der Waals surface area contributed by atoms with Crippen LogP contribution in [-0.2, 0) is 12.7 Å². The van der Waals surface area contributed by atoms with Gasteiger partial charge in [0.15, 0.2) is 17.4 Å². The van der Waals surface area contributed by atoms with E-state index in [-0.39, 0.29) is 42.3 Å². The van der Waals surface area contributed by atoms with Crippen molar-refractivity contribution in [1.82, 2.24) is 24.7 Å². The minimum atomic E-state index is -4.86. The first-order chi connectivity index (χ1) is 19.5. The number of aliphatic hydroxyl groups excluding tert-OH is 1. The van der Waals surface area contributed by atoms with Gasteiger partial charge < -0.3 is 25.0 Å². The Morgan fingerprint density at radius 3 is 2.71 bits per heavy atom. The van der Waals surface area contributed by atoms with Gasteiger partial charge in [0.25, 0.3) is 11.1 Å². The predicted octanol–water partition coefficient (Wildman–Crippen LogP) is 3.39. The molecule has 0 saturated carbocycles. The van der Waals surface area contributed by atoms with Crippen molar-refractivity contribution in [1.29, 1.82) is 0 Å². The number of aromatic amines is 1. The number of hydrogen-bond acceptors (Lipinski definition) is 9. The van der Waals surface area contributed by atoms with Gasteiger partial charge in [-0.3, -0.25) is 9.59 Å². The van der Waals surface area contributed by atoms with Gasteiger partial charge in [-0.15, -0.1) is 0 Å². The molecule has 0 spiro atoms. The number of nitrogens with one attached hydrogen (secondary N) is 3. The molecular weight excluding hydrogens is 550 g/mol. The van der Waals surface area contributed by atoms with E-state index in [1.807, 2.05) is 0 Å². The molecule has 0 fully saturated rings. The maximum Gasteiger partial charge on any atom is 0.423 e. The summed E-state index contributed by atoms with van der Waals surface area (Å²) in [5, 5.41) is 20.4. The quantitative estimate of drug-likeness (QED) is 0.197. The monoisotopic (exact) mass is 577 g/mol. The van der Waals surface area contributed by atoms with Crippen molar-refractivity contribution in [3.63, 3.8) is 0 Å². The van der Waals surface area contributed by atoms with Crippen LogP contribution in [0.3, 0.4) is 0 Å². The molecule has 11 nitrogen and oxygen atoms in total. The zero-order valence-electron chi connectivity index (χ0n) is 22.0. The largest absolute Gasteiger partial charge is 0.491 e. The van der Waals surface area contributed by atoms with Gasteiger partial charge in [0, 0.05) is 25.3 Å². The minimum Gasteiger partial charge on any atom is -0.491 e. The average Bonchev–Trinajstić information content (AvgIpc) is 2.92. The Morgan fingerprint density at radius 1 is 1.22 bits per heavy atom. The molecule has 15 heteroatoms. The van der Waals surface area contributed by atoms with Crippen LogP contribution < -0.4 is 26.5 Å². The lowest BCUT2D eigenvalue weighted by Gasteiger charge is -2.18. The highest BCUT2D eigenvalue weighted by Gasteiger charge is 2.37. The maximum absolute atomic E-state index is 15.2. The third-order valence-electron chi connectivity index (χ3n) is 6.26. The van der Waals surface area contributed by atoms with Crippen molar-refractivity contribution in [2.45, 2.75) is 38.5 Å². The molecule has 0 aliphatic carbocycles. The first kappa shape index (κ1) is 29.5. The molecule has 0 aliphatic rings. The van der Waals surface area contributed by atoms with Crippen LogP contribution in [0.25, 0.3) is 22.2 Å². The van der Waals surface area contributed by atoms with Crippen molar-refractivity contribution in [2.24, 2.45) is 0 Å². The second-order valence-corrected chi connectivity index (χ2v) is 9.17. The highest BCUT2D eigenvalue weighted by Crippen LogP contribution is 2.32. The molecule has 3 aromatic heterocycles. The summed E-state index contributed by atoms with van der Waals surface area (Å²) in [6.45, 7) is 1.91. The van der Waals surface area contributed by atoms with Crippen LogP contribution in [0.1, 0.15) is 25.3 Å². The lowest BCUT2D eigenvalue weighted by atomic mass is 10.1. The minimum absolute atomic E-state index is 0.0561. The summed E-state index contributed by atoms with van der Waals surface area (Å²) in [4.78, 5) is 33.2. The van der Waals surface area contributed by atoms with Crippen molar-refractivity contribution in [3.8, 4) is 17.1 Å². The number of alkyl halides is 3. The lowest BCUT2D eigenvalue weighted by molar-refractivity contribution is -0.138. The fourth-order valence-electron chi connectivity index (χ4n) is 4.30. The van der Waals surface area contributed by atoms with E-state index in [4.69, 9.17) is 9.84 Å². The van der Waals surface area contributed by atoms with Gasteiger partial charge in [-0.1, -0.05) is 0 Å². The van der Waals surface area contributed by atoms with E-state index in [9.17, 15) is 22.8 Å². The summed E-state index contributed by atoms with van der Waals surface area (Å²) in [6.07, 6.45) is -0.262. The van der Waals surface area contributed by atoms with Gasteiger partial charge in [-0.2, -0.15) is 18.3 Å². The number of ether oxygens (including phenoxy) is 1. The number of H-pyrrole nitrogens is 1. The molecule has 0 saturated heterocycles. The zero-order chi connectivity index (χ0) is 29.7. The molecule has 3 heterocycles. The molecular formula is C26H27F4N7O4. The van der Waals surface area contributed by atoms with Crippen LogP contribution >= 0.6 is 0 Å². The van der Waals surface area contributed by atoms with E-state index in [1.165, 1.54) is 23.9 Å². The smallest absolute Gasteiger partial charge is 0.423 e. The van der Waals surface area contributed by atoms with Crippen molar-refractivity contribution in [2.75, 3.05) is 30.9 Å². The molecule has 4 rings (SSSR count). The molecule has 4 N–H and O–H groups in total. The number of nitrogens with zero attached hydrogens (tertiary/aromatic N) is 4. The average molecular weight is 578 g/mol. The highest BCUT2D eigenvalue weighted by molar-refractivity contribution is 5.86. The van der Waals surface area contributed by atoms with Crippen molar-refractivity contribution >= 4 is 22.3 Å². The molecule has 4 aromatic rings. The number of anilines is 2. The summed E-state index contributed by atoms with van der Waals surface area (Å²) in [5.74, 6) is -0.0724. The summed E-state index contributed by atoms with van der Waals surface area (Å²) in [5.41, 5.74) is -3.50. The van der Waals surface area contributed by atoms with Gasteiger partial charge >= 0.3 is 6.18 Å². The van der Waals surface area contributed by atoms with Gasteiger partial charge in [-0.05, 0) is 43.4 Å². The number of fused-ring (bicyclic) bond motifs is 1. The number of aryl methyl sites for hydroxylation is 1. The molecule has 218 valence electrons. The molecule has 0 bridgehead atoms. The van der Waals surface area contributed by atoms with Gasteiger partial charge in [0.2, 0.25) is 0 Å². The first-order valence-electron chi connectivity index (χ1n) is 12.5. The number of aliphatic hydroxyl groups is 1. The second-order valence-electron chi connectivity index (χ2n) is 9.17. The third kappa shape index (κ3) is 6.62. The lowest BCUT2D eigenvalue weighted by Crippen LogP contribution is -2.27. The number of hydrogen-bond donors (Lipinski definition) is 4. The first-order valence-corrected chi connectivity index (χ1v) is 12.5. The van der Waals surface area contributed by atoms with Gasteiger partial charge in [0.1, 0.15) is 11.4 Å². The highest BCUT2D eigenvalue weighted by atomic mass is 19.4. The van der Waals surface area contributed by atoms with Crippen LogP contribution in [0.4, 0.5) is 29.1 Å². The molecule has 41 heavy (non-hydrogen) atoms. The van der Waals surface area contributed by atoms with Crippen LogP contribution in [-0.4, -0.2) is 56.1 Å². The number of halogens is 4. The number of pyridine rings is 1. The second kappa shape index (κ2) is 12.3. The molecule has 0 unspecified atom stereocenters. The van der Waals surface area contributed by atoms with Crippen LogP contribution in [0.5, 0.6) is 5.75 Å². The summed E-state index contributed by atoms with van der Waals surface area (Å²) < 4.78 is 61.6. The van der Waals surface area contributed by atoms with Gasteiger partial charge in [-0.25, -0.2) is 19.5 Å². The molecule has 0 aliphatic heterocycles. The van der Waals surface area contributed by atoms with E-state index < -0.39 is 40.4 Å². The fourth-order valence-corrected chi connectivity index (χ4v) is 4.30. The fraction of sp³-hybridized carbons (Fsp3) is 0.346. The van der Waals surface area contributed by atoms with Crippen molar-refractivity contribution < 1.29 is 27.4 Å². The SMILES string of the molecule is COc1cnc(-c2cc3ccn(CCC[C@H](C)Nc4cn[nH]c(=O)c4C(F)(F)F)c(=O)c3cc2F)nc1NCCO. The number of methoxy groups -OCH3 is 1. The van der Waals surface area contributed by atoms with E-state index in [1.54, 1.807) is 24.3 Å². The Balaban J connectivity index is 1.49. The molecule has 0 amide bonds. The maximum atomic E-state index is 15.2. The predicted molar refractivity (Wildman–Crippen MR) is 143 cm³/mol. The number of rotatable bonds is 11. The number of aromatic nitrogens is 5. The molecule has 1 atom stereocenters. The van der Waals surface area contributed by atoms with E-state index in [2.05, 4.69) is 25.7 Å². The van der Waals surface area contributed by atoms with Crippen LogP contribution in [0.15, 0.2) is 46.4 Å². The summed E-state index contributed by atoms with van der Waals surface area (Å²) in [6, 6.07) is 3.75. The van der Waals surface area contributed by atoms with E-state index in [0.717, 1.165) is 12.3 Å². The Bertz CT molecular complexity index is 1660. The standard InChI is InChI=1S/C26H27F4N7O4/c1-14(34-19-12-33-36-24(39)21(19)26(28,29)30)4-3-7-37-8-5-15-10-17(18(27)11-16(15)25(37)40)22-32-13-20(41-2)23(35-22)31-6-9-38/h5,8,10-14,38H,3-4,6-7,9H2,1-2H3,(H,31,32,35)(H2,34,36,39)/t14-/m0/s1. The van der Waals surface area contributed by atoms with Gasteiger partial charge in [0.05, 0.1) is 42.7 Å². The van der Waals surface area contributed by atoms with Crippen molar-refractivity contribution in [3.05, 3.63) is 68.9 Å². The Hall–Kier alpha value is -4.53. The van der Waals surface area contributed by atoms with Crippen LogP contribution in [0, 0.1) is 5.82 Å². The van der Waals surface area contributed by atoms with Crippen LogP contribution in [0.2, 0.25) is 0 Å². The molecule has 0 radical (unpaired) electrons. The van der Waals surface area contributed by atoms with E-state index in [0.29, 0.717) is 24.0 Å². The Labute approximate surface area is 230 Å². The molecule has 1 aromatic carbocycles. The number of benzene rings is 1. The zero-order valence-corrected chi connectivity index (χ0v) is 22.0. The summed E-state index contributed by atoms with van der Waals surface area (Å²) >= 11 is 0. The Kier molecular flexibility index (Phi) is 8.86. The summed E-state index contributed by atoms with van der Waals surface area (Å²) in [7, 11) is 1.42. The third-order valence-corrected chi connectivity index (χ3v) is 6.26. The topological polar surface area (TPSA) is 147 Å². The normalized spacial score (nSPS) is 12.4. The van der Waals surface area contributed by atoms with E-state index >= 15 is 4.39 Å².